The molecule has 5 nitrogen and oxygen atoms in total. The predicted octanol–water partition coefficient (Wildman–Crippen LogP) is 3.54. The number of carbonyl (C=O) groups is 1. The quantitative estimate of drug-likeness (QED) is 0.677. The number of aromatic nitrogens is 2. The molecule has 6 heteroatoms. The van der Waals surface area contributed by atoms with E-state index in [1.54, 1.807) is 11.8 Å². The number of amides is 1. The summed E-state index contributed by atoms with van der Waals surface area (Å²) in [4.78, 5) is 18.2. The molecule has 0 radical (unpaired) electrons. The fourth-order valence-electron chi connectivity index (χ4n) is 3.08. The van der Waals surface area contributed by atoms with Gasteiger partial charge in [-0.2, -0.15) is 0 Å². The van der Waals surface area contributed by atoms with Crippen LogP contribution in [0.4, 0.5) is 0 Å². The van der Waals surface area contributed by atoms with Gasteiger partial charge in [-0.25, -0.2) is 4.98 Å². The Morgan fingerprint density at radius 3 is 3.00 bits per heavy atom. The number of benzene rings is 1. The lowest BCUT2D eigenvalue weighted by Gasteiger charge is -2.12. The summed E-state index contributed by atoms with van der Waals surface area (Å²) in [6.07, 6.45) is 6.43. The van der Waals surface area contributed by atoms with Crippen LogP contribution in [0.2, 0.25) is 0 Å². The molecule has 1 atom stereocenters. The van der Waals surface area contributed by atoms with E-state index in [-0.39, 0.29) is 5.91 Å². The third kappa shape index (κ3) is 3.92. The van der Waals surface area contributed by atoms with Gasteiger partial charge in [-0.05, 0) is 37.1 Å². The minimum Gasteiger partial charge on any atom is -0.377 e. The Labute approximate surface area is 156 Å². The molecule has 2 aromatic heterocycles. The van der Waals surface area contributed by atoms with Gasteiger partial charge in [-0.1, -0.05) is 18.2 Å². The van der Waals surface area contributed by atoms with E-state index < -0.39 is 0 Å². The van der Waals surface area contributed by atoms with Crippen LogP contribution in [0, 0.1) is 0 Å². The third-order valence-electron chi connectivity index (χ3n) is 4.42. The standard InChI is InChI=1S/C20H21N3O2S/c24-20(21-12-15-13-23-10-4-3-9-19(23)22-15)17-7-1-2-8-18(17)26-14-16-6-5-11-25-16/h1-4,7-10,13,16H,5-6,11-12,14H2,(H,21,24). The van der Waals surface area contributed by atoms with Crippen LogP contribution in [0.15, 0.2) is 59.8 Å². The Morgan fingerprint density at radius 2 is 2.15 bits per heavy atom. The summed E-state index contributed by atoms with van der Waals surface area (Å²) >= 11 is 1.69. The summed E-state index contributed by atoms with van der Waals surface area (Å²) < 4.78 is 7.63. The van der Waals surface area contributed by atoms with Gasteiger partial charge in [0.2, 0.25) is 0 Å². The largest absolute Gasteiger partial charge is 0.377 e. The molecule has 0 bridgehead atoms. The van der Waals surface area contributed by atoms with Gasteiger partial charge < -0.3 is 14.5 Å². The number of fused-ring (bicyclic) bond motifs is 1. The fourth-order valence-corrected chi connectivity index (χ4v) is 4.20. The first kappa shape index (κ1) is 17.1. The molecule has 1 amide bonds. The van der Waals surface area contributed by atoms with Gasteiger partial charge in [0.25, 0.3) is 5.91 Å². The molecule has 1 saturated heterocycles. The first-order valence-electron chi connectivity index (χ1n) is 8.84. The molecule has 1 aliphatic heterocycles. The maximum absolute atomic E-state index is 12.7. The average molecular weight is 367 g/mol. The first-order chi connectivity index (χ1) is 12.8. The van der Waals surface area contributed by atoms with Crippen LogP contribution in [0.1, 0.15) is 28.9 Å². The molecule has 3 heterocycles. The molecule has 4 rings (SSSR count). The first-order valence-corrected chi connectivity index (χ1v) is 9.82. The van der Waals surface area contributed by atoms with E-state index in [1.165, 1.54) is 0 Å². The Hall–Kier alpha value is -2.31. The molecule has 3 aromatic rings. The lowest BCUT2D eigenvalue weighted by Crippen LogP contribution is -2.23. The number of thioether (sulfide) groups is 1. The second kappa shape index (κ2) is 7.93. The van der Waals surface area contributed by atoms with Crippen LogP contribution in [0.5, 0.6) is 0 Å². The normalized spacial score (nSPS) is 16.8. The monoisotopic (exact) mass is 367 g/mol. The molecule has 134 valence electrons. The number of ether oxygens (including phenoxy) is 1. The highest BCUT2D eigenvalue weighted by Gasteiger charge is 2.18. The van der Waals surface area contributed by atoms with Crippen LogP contribution in [0.3, 0.4) is 0 Å². The topological polar surface area (TPSA) is 55.6 Å². The summed E-state index contributed by atoms with van der Waals surface area (Å²) in [6, 6.07) is 13.6. The van der Waals surface area contributed by atoms with E-state index in [4.69, 9.17) is 4.74 Å². The number of nitrogens with zero attached hydrogens (tertiary/aromatic N) is 2. The van der Waals surface area contributed by atoms with E-state index in [0.29, 0.717) is 18.2 Å². The SMILES string of the molecule is O=C(NCc1cn2ccccc2n1)c1ccccc1SCC1CCCO1. The van der Waals surface area contributed by atoms with Crippen LogP contribution in [-0.4, -0.2) is 33.8 Å². The van der Waals surface area contributed by atoms with E-state index in [9.17, 15) is 4.79 Å². The Morgan fingerprint density at radius 1 is 1.27 bits per heavy atom. The maximum Gasteiger partial charge on any atom is 0.252 e. The molecule has 0 aliphatic carbocycles. The van der Waals surface area contributed by atoms with Crippen molar-refractivity contribution >= 4 is 23.3 Å². The van der Waals surface area contributed by atoms with Crippen molar-refractivity contribution in [3.05, 3.63) is 66.1 Å². The van der Waals surface area contributed by atoms with Crippen molar-refractivity contribution < 1.29 is 9.53 Å². The number of hydrogen-bond donors (Lipinski definition) is 1. The van der Waals surface area contributed by atoms with Gasteiger partial charge in [-0.3, -0.25) is 4.79 Å². The second-order valence-corrected chi connectivity index (χ2v) is 7.39. The van der Waals surface area contributed by atoms with Crippen LogP contribution in [0.25, 0.3) is 5.65 Å². The summed E-state index contributed by atoms with van der Waals surface area (Å²) in [5.41, 5.74) is 2.43. The molecule has 1 aliphatic rings. The number of carbonyl (C=O) groups excluding carboxylic acids is 1. The summed E-state index contributed by atoms with van der Waals surface area (Å²) in [5, 5.41) is 2.99. The molecule has 1 aromatic carbocycles. The number of nitrogens with one attached hydrogen (secondary N) is 1. The minimum atomic E-state index is -0.0718. The highest BCUT2D eigenvalue weighted by molar-refractivity contribution is 7.99. The molecule has 1 unspecified atom stereocenters. The van der Waals surface area contributed by atoms with E-state index >= 15 is 0 Å². The van der Waals surface area contributed by atoms with Gasteiger partial charge in [0.05, 0.1) is 23.9 Å². The molecular formula is C20H21N3O2S. The average Bonchev–Trinajstić information content (AvgIpc) is 3.33. The van der Waals surface area contributed by atoms with E-state index in [1.807, 2.05) is 59.3 Å². The zero-order chi connectivity index (χ0) is 17.8. The van der Waals surface area contributed by atoms with E-state index in [2.05, 4.69) is 10.3 Å². The van der Waals surface area contributed by atoms with Gasteiger partial charge in [-0.15, -0.1) is 11.8 Å². The smallest absolute Gasteiger partial charge is 0.252 e. The molecule has 0 spiro atoms. The van der Waals surface area contributed by atoms with Gasteiger partial charge in [0.15, 0.2) is 0 Å². The van der Waals surface area contributed by atoms with Gasteiger partial charge >= 0.3 is 0 Å². The van der Waals surface area contributed by atoms with Crippen LogP contribution < -0.4 is 5.32 Å². The second-order valence-electron chi connectivity index (χ2n) is 6.32. The van der Waals surface area contributed by atoms with Crippen molar-refractivity contribution in [1.29, 1.82) is 0 Å². The third-order valence-corrected chi connectivity index (χ3v) is 5.63. The minimum absolute atomic E-state index is 0.0718. The Bertz CT molecular complexity index is 870. The van der Waals surface area contributed by atoms with Crippen molar-refractivity contribution in [2.24, 2.45) is 0 Å². The predicted molar refractivity (Wildman–Crippen MR) is 103 cm³/mol. The highest BCUT2D eigenvalue weighted by Crippen LogP contribution is 2.26. The molecule has 0 saturated carbocycles. The van der Waals surface area contributed by atoms with Gasteiger partial charge in [0.1, 0.15) is 5.65 Å². The lowest BCUT2D eigenvalue weighted by atomic mass is 10.2. The van der Waals surface area contributed by atoms with Crippen molar-refractivity contribution in [2.75, 3.05) is 12.4 Å². The number of hydrogen-bond acceptors (Lipinski definition) is 4. The summed E-state index contributed by atoms with van der Waals surface area (Å²) in [6.45, 7) is 1.26. The summed E-state index contributed by atoms with van der Waals surface area (Å²) in [7, 11) is 0. The number of imidazole rings is 1. The van der Waals surface area contributed by atoms with Crippen molar-refractivity contribution in [3.8, 4) is 0 Å². The molecule has 1 N–H and O–H groups in total. The Balaban J connectivity index is 1.40. The van der Waals surface area contributed by atoms with E-state index in [0.717, 1.165) is 41.4 Å². The fraction of sp³-hybridized carbons (Fsp3) is 0.300. The number of pyridine rings is 1. The summed E-state index contributed by atoms with van der Waals surface area (Å²) in [5.74, 6) is 0.814. The molecular weight excluding hydrogens is 346 g/mol. The Kier molecular flexibility index (Phi) is 5.22. The van der Waals surface area contributed by atoms with Crippen LogP contribution >= 0.6 is 11.8 Å². The van der Waals surface area contributed by atoms with Crippen LogP contribution in [-0.2, 0) is 11.3 Å². The highest BCUT2D eigenvalue weighted by atomic mass is 32.2. The zero-order valence-corrected chi connectivity index (χ0v) is 15.2. The lowest BCUT2D eigenvalue weighted by molar-refractivity contribution is 0.0947. The van der Waals surface area contributed by atoms with Crippen molar-refractivity contribution in [2.45, 2.75) is 30.4 Å². The number of rotatable bonds is 6. The maximum atomic E-state index is 12.7. The molecule has 26 heavy (non-hydrogen) atoms. The van der Waals surface area contributed by atoms with Crippen molar-refractivity contribution in [3.63, 3.8) is 0 Å². The zero-order valence-electron chi connectivity index (χ0n) is 14.4. The van der Waals surface area contributed by atoms with Gasteiger partial charge in [0, 0.05) is 29.6 Å². The molecule has 1 fully saturated rings. The van der Waals surface area contributed by atoms with Crippen molar-refractivity contribution in [1.82, 2.24) is 14.7 Å².